The number of para-hydroxylation sites is 1. The van der Waals surface area contributed by atoms with E-state index in [0.29, 0.717) is 38.5 Å². The van der Waals surface area contributed by atoms with E-state index in [4.69, 9.17) is 24.3 Å². The zero-order valence-corrected chi connectivity index (χ0v) is 29.6. The second-order valence-electron chi connectivity index (χ2n) is 12.2. The number of ether oxygens (including phenoxy) is 3. The van der Waals surface area contributed by atoms with E-state index in [1.165, 1.54) is 23.0 Å². The van der Waals surface area contributed by atoms with Crippen LogP contribution in [0.15, 0.2) is 100 Å². The quantitative estimate of drug-likeness (QED) is 0.167. The first kappa shape index (κ1) is 34.3. The Kier molecular flexibility index (Phi) is 9.96. The Labute approximate surface area is 293 Å². The molecule has 6 rings (SSSR count). The lowest BCUT2D eigenvalue weighted by Gasteiger charge is -2.25. The smallest absolute Gasteiger partial charge is 0.338 e. The lowest BCUT2D eigenvalue weighted by Crippen LogP contribution is -2.40. The van der Waals surface area contributed by atoms with Crippen molar-refractivity contribution in [2.24, 2.45) is 4.99 Å². The van der Waals surface area contributed by atoms with Crippen LogP contribution >= 0.6 is 11.3 Å². The van der Waals surface area contributed by atoms with Gasteiger partial charge >= 0.3 is 11.9 Å². The summed E-state index contributed by atoms with van der Waals surface area (Å²) in [5.74, 6) is -0.239. The first-order chi connectivity index (χ1) is 24.1. The van der Waals surface area contributed by atoms with E-state index < -0.39 is 18.0 Å². The third kappa shape index (κ3) is 6.81. The number of aryl methyl sites for hydroxylation is 1. The van der Waals surface area contributed by atoms with Gasteiger partial charge in [-0.05, 0) is 93.8 Å². The van der Waals surface area contributed by atoms with Crippen molar-refractivity contribution in [1.29, 1.82) is 0 Å². The molecule has 3 aromatic carbocycles. The molecule has 0 saturated carbocycles. The number of esters is 2. The number of hydrogen-bond acceptors (Lipinski definition) is 9. The van der Waals surface area contributed by atoms with Crippen LogP contribution in [0.2, 0.25) is 0 Å². The molecule has 2 aromatic heterocycles. The molecule has 1 aliphatic rings. The van der Waals surface area contributed by atoms with E-state index in [9.17, 15) is 14.4 Å². The SMILES string of the molecule is CCCOc1ccc(-c2nn(-c3ccccc3)cc2C=c2sc3n(c2=O)C(c2ccc(C(=O)OC)cc2)C(C(=O)OC(C)C)=C(C)N=3)cc1C. The van der Waals surface area contributed by atoms with Gasteiger partial charge in [0.2, 0.25) is 0 Å². The molecule has 0 radical (unpaired) electrons. The number of benzene rings is 3. The predicted molar refractivity (Wildman–Crippen MR) is 192 cm³/mol. The van der Waals surface area contributed by atoms with E-state index in [1.807, 2.05) is 67.7 Å². The van der Waals surface area contributed by atoms with Crippen LogP contribution in [0.5, 0.6) is 5.75 Å². The molecule has 3 heterocycles. The molecule has 1 unspecified atom stereocenters. The largest absolute Gasteiger partial charge is 0.493 e. The fourth-order valence-corrected chi connectivity index (χ4v) is 6.87. The minimum Gasteiger partial charge on any atom is -0.493 e. The molecule has 11 heteroatoms. The maximum Gasteiger partial charge on any atom is 0.338 e. The van der Waals surface area contributed by atoms with Crippen molar-refractivity contribution >= 4 is 29.4 Å². The molecule has 0 saturated heterocycles. The topological polar surface area (TPSA) is 114 Å². The summed E-state index contributed by atoms with van der Waals surface area (Å²) in [6.07, 6.45) is 4.25. The highest BCUT2D eigenvalue weighted by atomic mass is 32.1. The number of carbonyl (C=O) groups is 2. The second-order valence-corrected chi connectivity index (χ2v) is 13.2. The molecule has 0 N–H and O–H groups in total. The van der Waals surface area contributed by atoms with Crippen molar-refractivity contribution in [3.63, 3.8) is 0 Å². The zero-order valence-electron chi connectivity index (χ0n) is 28.8. The number of aromatic nitrogens is 3. The number of carbonyl (C=O) groups excluding carboxylic acids is 2. The first-order valence-electron chi connectivity index (χ1n) is 16.4. The van der Waals surface area contributed by atoms with Gasteiger partial charge in [0.05, 0.1) is 52.9 Å². The Morgan fingerprint density at radius 3 is 2.40 bits per heavy atom. The summed E-state index contributed by atoms with van der Waals surface area (Å²) < 4.78 is 20.2. The normalized spacial score (nSPS) is 14.4. The predicted octanol–water partition coefficient (Wildman–Crippen LogP) is 5.92. The van der Waals surface area contributed by atoms with Gasteiger partial charge in [0.25, 0.3) is 5.56 Å². The third-order valence-corrected chi connectivity index (χ3v) is 9.17. The lowest BCUT2D eigenvalue weighted by atomic mass is 9.95. The number of hydrogen-bond donors (Lipinski definition) is 0. The van der Waals surface area contributed by atoms with Crippen LogP contribution in [-0.4, -0.2) is 46.1 Å². The third-order valence-electron chi connectivity index (χ3n) is 8.19. The molecule has 1 aliphatic heterocycles. The van der Waals surface area contributed by atoms with Gasteiger partial charge in [-0.25, -0.2) is 19.3 Å². The molecular weight excluding hydrogens is 653 g/mol. The highest BCUT2D eigenvalue weighted by molar-refractivity contribution is 7.07. The van der Waals surface area contributed by atoms with Gasteiger partial charge < -0.3 is 14.2 Å². The fourth-order valence-electron chi connectivity index (χ4n) is 5.84. The Morgan fingerprint density at radius 2 is 1.74 bits per heavy atom. The summed E-state index contributed by atoms with van der Waals surface area (Å²) in [6, 6.07) is 21.6. The second kappa shape index (κ2) is 14.5. The lowest BCUT2D eigenvalue weighted by molar-refractivity contribution is -0.143. The highest BCUT2D eigenvalue weighted by Crippen LogP contribution is 2.32. The van der Waals surface area contributed by atoms with E-state index in [1.54, 1.807) is 49.7 Å². The highest BCUT2D eigenvalue weighted by Gasteiger charge is 2.34. The molecule has 5 aromatic rings. The Balaban J connectivity index is 1.52. The van der Waals surface area contributed by atoms with Gasteiger partial charge in [0.15, 0.2) is 4.80 Å². The summed E-state index contributed by atoms with van der Waals surface area (Å²) in [5.41, 5.74) is 5.48. The van der Waals surface area contributed by atoms with Crippen LogP contribution < -0.4 is 19.6 Å². The molecule has 0 bridgehead atoms. The Hall–Kier alpha value is -5.55. The van der Waals surface area contributed by atoms with Gasteiger partial charge in [0, 0.05) is 17.3 Å². The van der Waals surface area contributed by atoms with Gasteiger partial charge in [0.1, 0.15) is 11.4 Å². The van der Waals surface area contributed by atoms with Crippen LogP contribution in [0, 0.1) is 6.92 Å². The van der Waals surface area contributed by atoms with Crippen LogP contribution in [0.3, 0.4) is 0 Å². The van der Waals surface area contributed by atoms with Crippen molar-refractivity contribution < 1.29 is 23.8 Å². The summed E-state index contributed by atoms with van der Waals surface area (Å²) in [4.78, 5) is 45.3. The van der Waals surface area contributed by atoms with E-state index in [-0.39, 0.29) is 17.2 Å². The van der Waals surface area contributed by atoms with Gasteiger partial charge in [-0.3, -0.25) is 9.36 Å². The molecular formula is C39H38N4O6S. The fraction of sp³-hybridized carbons (Fsp3) is 0.256. The van der Waals surface area contributed by atoms with Gasteiger partial charge in [-0.1, -0.05) is 48.6 Å². The van der Waals surface area contributed by atoms with Crippen LogP contribution in [-0.2, 0) is 14.3 Å². The minimum atomic E-state index is -0.837. The average molecular weight is 691 g/mol. The number of allylic oxidation sites excluding steroid dienone is 1. The maximum absolute atomic E-state index is 14.4. The van der Waals surface area contributed by atoms with Crippen molar-refractivity contribution in [3.8, 4) is 22.7 Å². The maximum atomic E-state index is 14.4. The van der Waals surface area contributed by atoms with Gasteiger partial charge in [-0.2, -0.15) is 5.10 Å². The molecule has 10 nitrogen and oxygen atoms in total. The number of thiazole rings is 1. The molecule has 0 fully saturated rings. The van der Waals surface area contributed by atoms with E-state index >= 15 is 0 Å². The number of rotatable bonds is 10. The average Bonchev–Trinajstić information content (AvgIpc) is 3.67. The first-order valence-corrected chi connectivity index (χ1v) is 17.2. The number of nitrogens with zero attached hydrogens (tertiary/aromatic N) is 4. The molecule has 0 amide bonds. The Morgan fingerprint density at radius 1 is 1.00 bits per heavy atom. The van der Waals surface area contributed by atoms with Crippen LogP contribution in [0.4, 0.5) is 0 Å². The summed E-state index contributed by atoms with van der Waals surface area (Å²) in [7, 11) is 1.31. The van der Waals surface area contributed by atoms with Crippen molar-refractivity contribution in [3.05, 3.63) is 132 Å². The van der Waals surface area contributed by atoms with E-state index in [0.717, 1.165) is 34.5 Å². The number of fused-ring (bicyclic) bond motifs is 1. The summed E-state index contributed by atoms with van der Waals surface area (Å²) in [6.45, 7) is 9.97. The molecule has 50 heavy (non-hydrogen) atoms. The van der Waals surface area contributed by atoms with Crippen molar-refractivity contribution in [2.75, 3.05) is 13.7 Å². The molecule has 0 aliphatic carbocycles. The van der Waals surface area contributed by atoms with Crippen molar-refractivity contribution in [1.82, 2.24) is 14.3 Å². The van der Waals surface area contributed by atoms with E-state index in [2.05, 4.69) is 6.92 Å². The Bertz CT molecular complexity index is 2280. The standard InChI is InChI=1S/C39H38N4O6S/c1-7-19-48-31-18-17-28(20-24(31)4)34-29(22-42(41-34)30-11-9-8-10-12-30)21-32-36(44)43-35(26-13-15-27(16-14-26)37(45)47-6)33(38(46)49-23(2)3)25(5)40-39(43)50-32/h8-18,20-23,35H,7,19H2,1-6H3. The van der Waals surface area contributed by atoms with Gasteiger partial charge in [-0.15, -0.1) is 0 Å². The monoisotopic (exact) mass is 690 g/mol. The molecule has 0 spiro atoms. The molecule has 1 atom stereocenters. The van der Waals surface area contributed by atoms with Crippen molar-refractivity contribution in [2.45, 2.75) is 53.2 Å². The summed E-state index contributed by atoms with van der Waals surface area (Å²) in [5, 5.41) is 4.97. The van der Waals surface area contributed by atoms with Crippen LogP contribution in [0.1, 0.15) is 67.2 Å². The zero-order chi connectivity index (χ0) is 35.5. The summed E-state index contributed by atoms with van der Waals surface area (Å²) >= 11 is 1.23. The van der Waals surface area contributed by atoms with Crippen LogP contribution in [0.25, 0.3) is 23.0 Å². The molecule has 256 valence electrons. The number of methoxy groups -OCH3 is 1. The minimum absolute atomic E-state index is 0.252.